The summed E-state index contributed by atoms with van der Waals surface area (Å²) in [5, 5.41) is 0. The molecular formula is C17H25FN2O. The molecule has 1 aromatic heterocycles. The summed E-state index contributed by atoms with van der Waals surface area (Å²) in [7, 11) is 0. The Morgan fingerprint density at radius 3 is 2.10 bits per heavy atom. The van der Waals surface area contributed by atoms with Crippen LogP contribution in [0.4, 0.5) is 4.70 Å². The van der Waals surface area contributed by atoms with Gasteiger partial charge in [0.1, 0.15) is 5.75 Å². The number of hydrogen-bond donors (Lipinski definition) is 0. The van der Waals surface area contributed by atoms with E-state index in [0.29, 0.717) is 0 Å². The molecule has 4 heteroatoms. The van der Waals surface area contributed by atoms with Gasteiger partial charge in [-0.25, -0.2) is 9.97 Å². The molecule has 0 aliphatic rings. The fraction of sp³-hybridized carbons (Fsp3) is 0.412. The van der Waals surface area contributed by atoms with E-state index < -0.39 is 0 Å². The molecule has 0 saturated heterocycles. The van der Waals surface area contributed by atoms with E-state index in [1.165, 1.54) is 0 Å². The third kappa shape index (κ3) is 6.34. The molecule has 1 heterocycles. The van der Waals surface area contributed by atoms with Crippen LogP contribution in [0.3, 0.4) is 0 Å². The zero-order chi connectivity index (χ0) is 14.8. The Morgan fingerprint density at radius 1 is 1.00 bits per heavy atom. The maximum atomic E-state index is 5.62. The fourth-order valence-corrected chi connectivity index (χ4v) is 1.58. The van der Waals surface area contributed by atoms with E-state index in [9.17, 15) is 0 Å². The zero-order valence-electron chi connectivity index (χ0n) is 13.3. The van der Waals surface area contributed by atoms with Crippen molar-refractivity contribution in [2.24, 2.45) is 0 Å². The van der Waals surface area contributed by atoms with Gasteiger partial charge < -0.3 is 4.74 Å². The standard InChI is InChI=1S/C15H18N2O.C2H6.FH/c1-3-4-9-18-14-7-5-13(6-8-14)15-16-10-12(2)11-17-15;1-2;/h5-8,10-11H,3-4,9H2,1-2H3;1-2H3;1H. The van der Waals surface area contributed by atoms with Gasteiger partial charge >= 0.3 is 0 Å². The smallest absolute Gasteiger partial charge is 0.159 e. The highest BCUT2D eigenvalue weighted by Crippen LogP contribution is 2.19. The van der Waals surface area contributed by atoms with Crippen LogP contribution in [0.1, 0.15) is 39.2 Å². The van der Waals surface area contributed by atoms with Gasteiger partial charge in [-0.05, 0) is 43.2 Å². The summed E-state index contributed by atoms with van der Waals surface area (Å²) in [5.74, 6) is 1.65. The monoisotopic (exact) mass is 292 g/mol. The van der Waals surface area contributed by atoms with Crippen molar-refractivity contribution < 1.29 is 9.44 Å². The largest absolute Gasteiger partial charge is 0.494 e. The first kappa shape index (κ1) is 19.0. The predicted octanol–water partition coefficient (Wildman–Crippen LogP) is 4.81. The number of aryl methyl sites for hydroxylation is 1. The highest BCUT2D eigenvalue weighted by atomic mass is 19.0. The van der Waals surface area contributed by atoms with Crippen molar-refractivity contribution in [2.75, 3.05) is 6.61 Å². The molecule has 0 atom stereocenters. The average molecular weight is 292 g/mol. The minimum Gasteiger partial charge on any atom is -0.494 e. The van der Waals surface area contributed by atoms with Gasteiger partial charge in [-0.2, -0.15) is 0 Å². The van der Waals surface area contributed by atoms with Crippen LogP contribution in [0.15, 0.2) is 36.7 Å². The molecular weight excluding hydrogens is 267 g/mol. The van der Waals surface area contributed by atoms with Crippen LogP contribution in [0.25, 0.3) is 11.4 Å². The van der Waals surface area contributed by atoms with Crippen molar-refractivity contribution in [3.63, 3.8) is 0 Å². The van der Waals surface area contributed by atoms with Gasteiger partial charge in [-0.1, -0.05) is 27.2 Å². The fourth-order valence-electron chi connectivity index (χ4n) is 1.58. The summed E-state index contributed by atoms with van der Waals surface area (Å²) in [4.78, 5) is 8.60. The quantitative estimate of drug-likeness (QED) is 0.742. The molecule has 0 fully saturated rings. The lowest BCUT2D eigenvalue weighted by molar-refractivity contribution is 0.309. The summed E-state index contributed by atoms with van der Waals surface area (Å²) in [6.07, 6.45) is 5.89. The van der Waals surface area contributed by atoms with Crippen molar-refractivity contribution >= 4 is 0 Å². The molecule has 3 nitrogen and oxygen atoms in total. The lowest BCUT2D eigenvalue weighted by Crippen LogP contribution is -1.96. The second-order valence-electron chi connectivity index (χ2n) is 4.31. The summed E-state index contributed by atoms with van der Waals surface area (Å²) in [6, 6.07) is 7.92. The Morgan fingerprint density at radius 2 is 1.57 bits per heavy atom. The number of unbranched alkanes of at least 4 members (excludes halogenated alkanes) is 1. The number of hydrogen-bond acceptors (Lipinski definition) is 3. The van der Waals surface area contributed by atoms with Gasteiger partial charge in [0.25, 0.3) is 0 Å². The molecule has 21 heavy (non-hydrogen) atoms. The third-order valence-electron chi connectivity index (χ3n) is 2.66. The molecule has 0 saturated carbocycles. The number of nitrogens with zero attached hydrogens (tertiary/aromatic N) is 2. The second-order valence-corrected chi connectivity index (χ2v) is 4.31. The average Bonchev–Trinajstić information content (AvgIpc) is 2.51. The number of halogens is 1. The first-order chi connectivity index (χ1) is 9.79. The molecule has 0 aliphatic carbocycles. The molecule has 0 radical (unpaired) electrons. The number of benzene rings is 1. The number of ether oxygens (including phenoxy) is 1. The van der Waals surface area contributed by atoms with E-state index in [2.05, 4.69) is 16.9 Å². The number of rotatable bonds is 5. The third-order valence-corrected chi connectivity index (χ3v) is 2.66. The van der Waals surface area contributed by atoms with E-state index >= 15 is 0 Å². The molecule has 116 valence electrons. The Bertz CT molecular complexity index is 483. The lowest BCUT2D eigenvalue weighted by Gasteiger charge is -2.06. The maximum absolute atomic E-state index is 5.62. The van der Waals surface area contributed by atoms with Crippen LogP contribution in [0, 0.1) is 6.92 Å². The van der Waals surface area contributed by atoms with Crippen LogP contribution >= 0.6 is 0 Å². The molecule has 1 aromatic carbocycles. The molecule has 0 spiro atoms. The van der Waals surface area contributed by atoms with Crippen LogP contribution in [0.2, 0.25) is 0 Å². The Hall–Kier alpha value is -1.97. The van der Waals surface area contributed by atoms with Crippen molar-refractivity contribution in [2.45, 2.75) is 40.5 Å². The normalized spacial score (nSPS) is 9.14. The van der Waals surface area contributed by atoms with Crippen molar-refractivity contribution in [1.82, 2.24) is 9.97 Å². The molecule has 2 aromatic rings. The summed E-state index contributed by atoms with van der Waals surface area (Å²) in [6.45, 7) is 8.91. The Labute approximate surface area is 126 Å². The summed E-state index contributed by atoms with van der Waals surface area (Å²) >= 11 is 0. The van der Waals surface area contributed by atoms with Gasteiger partial charge in [-0.15, -0.1) is 0 Å². The van der Waals surface area contributed by atoms with E-state index in [1.807, 2.05) is 57.4 Å². The second kappa shape index (κ2) is 10.8. The molecule has 0 amide bonds. The van der Waals surface area contributed by atoms with E-state index in [0.717, 1.165) is 42.1 Å². The van der Waals surface area contributed by atoms with Gasteiger partial charge in [0.05, 0.1) is 6.61 Å². The van der Waals surface area contributed by atoms with Gasteiger partial charge in [-0.3, -0.25) is 4.70 Å². The van der Waals surface area contributed by atoms with Crippen LogP contribution < -0.4 is 4.74 Å². The highest BCUT2D eigenvalue weighted by Gasteiger charge is 2.01. The SMILES string of the molecule is CC.CCCCOc1ccc(-c2ncc(C)cn2)cc1.F. The first-order valence-corrected chi connectivity index (χ1v) is 7.31. The lowest BCUT2D eigenvalue weighted by atomic mass is 10.2. The summed E-state index contributed by atoms with van der Waals surface area (Å²) in [5.41, 5.74) is 2.08. The molecule has 0 bridgehead atoms. The molecule has 0 N–H and O–H groups in total. The Balaban J connectivity index is 0.00000128. The maximum Gasteiger partial charge on any atom is 0.159 e. The van der Waals surface area contributed by atoms with Crippen molar-refractivity contribution in [3.05, 3.63) is 42.2 Å². The van der Waals surface area contributed by atoms with Gasteiger partial charge in [0, 0.05) is 18.0 Å². The van der Waals surface area contributed by atoms with Gasteiger partial charge in [0.2, 0.25) is 0 Å². The van der Waals surface area contributed by atoms with E-state index in [4.69, 9.17) is 4.74 Å². The van der Waals surface area contributed by atoms with Crippen LogP contribution in [-0.2, 0) is 0 Å². The topological polar surface area (TPSA) is 35.0 Å². The first-order valence-electron chi connectivity index (χ1n) is 7.31. The predicted molar refractivity (Wildman–Crippen MR) is 86.5 cm³/mol. The van der Waals surface area contributed by atoms with E-state index in [1.54, 1.807) is 0 Å². The Kier molecular flexibility index (Phi) is 9.76. The van der Waals surface area contributed by atoms with Crippen LogP contribution in [0.5, 0.6) is 5.75 Å². The van der Waals surface area contributed by atoms with Crippen LogP contribution in [-0.4, -0.2) is 16.6 Å². The minimum atomic E-state index is 0. The zero-order valence-corrected chi connectivity index (χ0v) is 13.3. The molecule has 0 unspecified atom stereocenters. The highest BCUT2D eigenvalue weighted by molar-refractivity contribution is 5.55. The molecule has 2 rings (SSSR count). The number of aromatic nitrogens is 2. The minimum absolute atomic E-state index is 0. The summed E-state index contributed by atoms with van der Waals surface area (Å²) < 4.78 is 5.62. The van der Waals surface area contributed by atoms with E-state index in [-0.39, 0.29) is 4.70 Å². The van der Waals surface area contributed by atoms with Crippen molar-refractivity contribution in [3.8, 4) is 17.1 Å². The van der Waals surface area contributed by atoms with Crippen molar-refractivity contribution in [1.29, 1.82) is 0 Å². The molecule has 0 aliphatic heterocycles. The van der Waals surface area contributed by atoms with Gasteiger partial charge in [0.15, 0.2) is 5.82 Å².